The van der Waals surface area contributed by atoms with E-state index in [2.05, 4.69) is 33.1 Å². The maximum atomic E-state index is 12.2. The summed E-state index contributed by atoms with van der Waals surface area (Å²) in [4.78, 5) is 12.2. The highest BCUT2D eigenvalue weighted by molar-refractivity contribution is 14.1. The summed E-state index contributed by atoms with van der Waals surface area (Å²) in [5, 5.41) is 6.88. The van der Waals surface area contributed by atoms with E-state index in [-0.39, 0.29) is 5.91 Å². The molecule has 0 saturated heterocycles. The molecule has 4 nitrogen and oxygen atoms in total. The van der Waals surface area contributed by atoms with Crippen LogP contribution in [0.25, 0.3) is 11.3 Å². The van der Waals surface area contributed by atoms with Crippen molar-refractivity contribution < 1.29 is 9.32 Å². The summed E-state index contributed by atoms with van der Waals surface area (Å²) in [7, 11) is 0. The van der Waals surface area contributed by atoms with Crippen LogP contribution in [0.4, 0.5) is 0 Å². The maximum Gasteiger partial charge on any atom is 0.252 e. The average molecular weight is 418 g/mol. The number of hydrogen-bond donors (Lipinski definition) is 1. The number of carbonyl (C=O) groups excluding carboxylic acids is 1. The molecule has 5 heteroatoms. The van der Waals surface area contributed by atoms with Crippen LogP contribution in [0.15, 0.2) is 59.1 Å². The van der Waals surface area contributed by atoms with Gasteiger partial charge in [-0.05, 0) is 41.6 Å². The number of halogens is 1. The van der Waals surface area contributed by atoms with Gasteiger partial charge in [-0.3, -0.25) is 4.79 Å². The van der Waals surface area contributed by atoms with E-state index in [0.29, 0.717) is 23.6 Å². The lowest BCUT2D eigenvalue weighted by Crippen LogP contribution is -2.23. The Balaban J connectivity index is 1.67. The van der Waals surface area contributed by atoms with Gasteiger partial charge in [-0.2, -0.15) is 0 Å². The Morgan fingerprint density at radius 3 is 2.65 bits per heavy atom. The molecule has 1 heterocycles. The van der Waals surface area contributed by atoms with Gasteiger partial charge in [0, 0.05) is 15.2 Å². The number of carbonyl (C=O) groups is 1. The van der Waals surface area contributed by atoms with Crippen LogP contribution in [0, 0.1) is 10.5 Å². The van der Waals surface area contributed by atoms with Crippen molar-refractivity contribution in [1.29, 1.82) is 0 Å². The molecule has 0 unspecified atom stereocenters. The first kappa shape index (κ1) is 15.7. The molecule has 0 atom stereocenters. The molecule has 0 aliphatic rings. The van der Waals surface area contributed by atoms with Crippen molar-refractivity contribution in [2.45, 2.75) is 13.5 Å². The van der Waals surface area contributed by atoms with Gasteiger partial charge in [-0.1, -0.05) is 47.1 Å². The van der Waals surface area contributed by atoms with Crippen LogP contribution in [0.3, 0.4) is 0 Å². The topological polar surface area (TPSA) is 55.1 Å². The average Bonchev–Trinajstić information content (AvgIpc) is 3.03. The smallest absolute Gasteiger partial charge is 0.252 e. The van der Waals surface area contributed by atoms with Crippen LogP contribution in [0.5, 0.6) is 0 Å². The number of benzene rings is 2. The van der Waals surface area contributed by atoms with E-state index in [1.54, 1.807) is 6.07 Å². The zero-order chi connectivity index (χ0) is 16.2. The van der Waals surface area contributed by atoms with Crippen molar-refractivity contribution in [3.8, 4) is 11.3 Å². The molecule has 0 saturated carbocycles. The molecule has 0 aliphatic heterocycles. The normalized spacial score (nSPS) is 10.5. The van der Waals surface area contributed by atoms with Crippen LogP contribution in [0.1, 0.15) is 21.6 Å². The van der Waals surface area contributed by atoms with Crippen LogP contribution in [-0.4, -0.2) is 11.1 Å². The zero-order valence-electron chi connectivity index (χ0n) is 12.5. The van der Waals surface area contributed by atoms with Crippen LogP contribution in [0.2, 0.25) is 0 Å². The van der Waals surface area contributed by atoms with Gasteiger partial charge in [0.25, 0.3) is 5.91 Å². The molecule has 3 rings (SSSR count). The molecule has 3 aromatic rings. The first-order valence-corrected chi connectivity index (χ1v) is 8.27. The number of amides is 1. The van der Waals surface area contributed by atoms with Gasteiger partial charge < -0.3 is 9.84 Å². The molecule has 23 heavy (non-hydrogen) atoms. The second-order valence-electron chi connectivity index (χ2n) is 5.21. The fourth-order valence-corrected chi connectivity index (χ4v) is 2.79. The van der Waals surface area contributed by atoms with E-state index in [0.717, 1.165) is 9.13 Å². The molecule has 0 spiro atoms. The van der Waals surface area contributed by atoms with Crippen molar-refractivity contribution in [3.63, 3.8) is 0 Å². The molecule has 1 N–H and O–H groups in total. The molecule has 2 aromatic carbocycles. The Hall–Kier alpha value is -2.15. The van der Waals surface area contributed by atoms with E-state index in [1.165, 1.54) is 5.56 Å². The second kappa shape index (κ2) is 6.95. The predicted molar refractivity (Wildman–Crippen MR) is 97.0 cm³/mol. The summed E-state index contributed by atoms with van der Waals surface area (Å²) < 4.78 is 6.27. The van der Waals surface area contributed by atoms with Gasteiger partial charge in [0.1, 0.15) is 5.69 Å². The Bertz CT molecular complexity index is 825. The Morgan fingerprint density at radius 2 is 1.91 bits per heavy atom. The monoisotopic (exact) mass is 418 g/mol. The van der Waals surface area contributed by atoms with Crippen LogP contribution >= 0.6 is 22.6 Å². The summed E-state index contributed by atoms with van der Waals surface area (Å²) in [5.74, 6) is 0.582. The number of rotatable bonds is 4. The van der Waals surface area contributed by atoms with Crippen LogP contribution in [-0.2, 0) is 6.54 Å². The summed E-state index contributed by atoms with van der Waals surface area (Å²) in [6, 6.07) is 17.3. The summed E-state index contributed by atoms with van der Waals surface area (Å²) in [5.41, 5.74) is 3.52. The number of hydrogen-bond acceptors (Lipinski definition) is 3. The minimum absolute atomic E-state index is 0.116. The first-order valence-electron chi connectivity index (χ1n) is 7.19. The lowest BCUT2D eigenvalue weighted by molar-refractivity contribution is 0.0949. The molecular weight excluding hydrogens is 403 g/mol. The minimum atomic E-state index is -0.116. The van der Waals surface area contributed by atoms with E-state index >= 15 is 0 Å². The van der Waals surface area contributed by atoms with E-state index in [1.807, 2.05) is 55.5 Å². The molecule has 0 radical (unpaired) electrons. The molecule has 1 aromatic heterocycles. The van der Waals surface area contributed by atoms with E-state index < -0.39 is 0 Å². The standard InChI is InChI=1S/C18H15IN2O2/c1-12-6-8-13(9-7-12)17-10-14(21-23-17)11-20-18(22)15-4-2-3-5-16(15)19/h2-10H,11H2,1H3,(H,20,22). The van der Waals surface area contributed by atoms with Crippen molar-refractivity contribution in [2.24, 2.45) is 0 Å². The quantitative estimate of drug-likeness (QED) is 0.647. The Morgan fingerprint density at radius 1 is 1.17 bits per heavy atom. The van der Waals surface area contributed by atoms with Gasteiger partial charge in [0.2, 0.25) is 0 Å². The highest BCUT2D eigenvalue weighted by atomic mass is 127. The molecule has 0 bridgehead atoms. The zero-order valence-corrected chi connectivity index (χ0v) is 14.7. The first-order chi connectivity index (χ1) is 11.1. The third-order valence-electron chi connectivity index (χ3n) is 3.44. The molecule has 0 fully saturated rings. The van der Waals surface area contributed by atoms with E-state index in [4.69, 9.17) is 4.52 Å². The van der Waals surface area contributed by atoms with Crippen molar-refractivity contribution in [3.05, 3.63) is 75.0 Å². The van der Waals surface area contributed by atoms with E-state index in [9.17, 15) is 4.79 Å². The summed E-state index contributed by atoms with van der Waals surface area (Å²) >= 11 is 2.15. The number of nitrogens with one attached hydrogen (secondary N) is 1. The van der Waals surface area contributed by atoms with Gasteiger partial charge in [0.05, 0.1) is 12.1 Å². The molecule has 1 amide bonds. The summed E-state index contributed by atoms with van der Waals surface area (Å²) in [6.07, 6.45) is 0. The minimum Gasteiger partial charge on any atom is -0.356 e. The van der Waals surface area contributed by atoms with Gasteiger partial charge in [0.15, 0.2) is 5.76 Å². The highest BCUT2D eigenvalue weighted by Gasteiger charge is 2.11. The molecule has 116 valence electrons. The second-order valence-corrected chi connectivity index (χ2v) is 6.37. The Kier molecular flexibility index (Phi) is 4.76. The number of nitrogens with zero attached hydrogens (tertiary/aromatic N) is 1. The fraction of sp³-hybridized carbons (Fsp3) is 0.111. The molecular formula is C18H15IN2O2. The van der Waals surface area contributed by atoms with Crippen molar-refractivity contribution in [1.82, 2.24) is 10.5 Å². The molecule has 0 aliphatic carbocycles. The largest absolute Gasteiger partial charge is 0.356 e. The number of aryl methyl sites for hydroxylation is 1. The summed E-state index contributed by atoms with van der Waals surface area (Å²) in [6.45, 7) is 2.37. The van der Waals surface area contributed by atoms with Gasteiger partial charge >= 0.3 is 0 Å². The lowest BCUT2D eigenvalue weighted by atomic mass is 10.1. The Labute approximate surface area is 148 Å². The predicted octanol–water partition coefficient (Wildman–Crippen LogP) is 4.18. The highest BCUT2D eigenvalue weighted by Crippen LogP contribution is 2.20. The third-order valence-corrected chi connectivity index (χ3v) is 4.38. The lowest BCUT2D eigenvalue weighted by Gasteiger charge is -2.04. The van der Waals surface area contributed by atoms with Gasteiger partial charge in [-0.15, -0.1) is 0 Å². The SMILES string of the molecule is Cc1ccc(-c2cc(CNC(=O)c3ccccc3I)no2)cc1. The fourth-order valence-electron chi connectivity index (χ4n) is 2.16. The van der Waals surface area contributed by atoms with Gasteiger partial charge in [-0.25, -0.2) is 0 Å². The third kappa shape index (κ3) is 3.79. The van der Waals surface area contributed by atoms with Crippen molar-refractivity contribution >= 4 is 28.5 Å². The van der Waals surface area contributed by atoms with Crippen LogP contribution < -0.4 is 5.32 Å². The van der Waals surface area contributed by atoms with Crippen molar-refractivity contribution in [2.75, 3.05) is 0 Å². The maximum absolute atomic E-state index is 12.2. The number of aromatic nitrogens is 1.